The molecule has 1 atom stereocenters. The first-order valence-electron chi connectivity index (χ1n) is 8.56. The molecule has 0 aliphatic heterocycles. The highest BCUT2D eigenvalue weighted by atomic mass is 79.9. The summed E-state index contributed by atoms with van der Waals surface area (Å²) in [5, 5.41) is 9.39. The van der Waals surface area contributed by atoms with Gasteiger partial charge in [0.25, 0.3) is 5.91 Å². The van der Waals surface area contributed by atoms with Crippen molar-refractivity contribution in [2.75, 3.05) is 20.3 Å². The van der Waals surface area contributed by atoms with Crippen LogP contribution in [0, 0.1) is 0 Å². The molecule has 0 bridgehead atoms. The molecule has 29 heavy (non-hydrogen) atoms. The van der Waals surface area contributed by atoms with Crippen molar-refractivity contribution < 1.29 is 27.9 Å². The van der Waals surface area contributed by atoms with Crippen LogP contribution in [0.3, 0.4) is 0 Å². The second-order valence-corrected chi connectivity index (χ2v) is 8.78. The van der Waals surface area contributed by atoms with Crippen LogP contribution in [0.4, 0.5) is 0 Å². The van der Waals surface area contributed by atoms with Gasteiger partial charge in [0.1, 0.15) is 6.04 Å². The molecule has 2 rings (SSSR count). The minimum atomic E-state index is -4.06. The van der Waals surface area contributed by atoms with Crippen LogP contribution in [0.25, 0.3) is 0 Å². The summed E-state index contributed by atoms with van der Waals surface area (Å²) in [5.41, 5.74) is 0.908. The fourth-order valence-corrected chi connectivity index (χ4v) is 3.76. The molecular weight excluding hydrogens is 464 g/mol. The molecule has 0 saturated carbocycles. The van der Waals surface area contributed by atoms with Crippen LogP contribution in [-0.2, 0) is 30.9 Å². The lowest BCUT2D eigenvalue weighted by atomic mass is 10.2. The third kappa shape index (κ3) is 6.93. The van der Waals surface area contributed by atoms with E-state index in [9.17, 15) is 23.1 Å². The first-order chi connectivity index (χ1) is 13.7. The lowest BCUT2D eigenvalue weighted by Crippen LogP contribution is -2.45. The van der Waals surface area contributed by atoms with Gasteiger partial charge in [0.05, 0.1) is 11.5 Å². The maximum absolute atomic E-state index is 12.3. The number of hydrogen-bond acceptors (Lipinski definition) is 6. The number of benzene rings is 2. The van der Waals surface area contributed by atoms with Gasteiger partial charge in [-0.05, 0) is 29.8 Å². The number of aliphatic hydroxyl groups is 1. The zero-order valence-electron chi connectivity index (χ0n) is 15.6. The molecule has 0 radical (unpaired) electrons. The van der Waals surface area contributed by atoms with Crippen LogP contribution < -0.4 is 4.72 Å². The topological polar surface area (TPSA) is 113 Å². The van der Waals surface area contributed by atoms with E-state index >= 15 is 0 Å². The van der Waals surface area contributed by atoms with E-state index in [4.69, 9.17) is 4.74 Å². The Hall–Kier alpha value is -2.27. The Labute approximate surface area is 177 Å². The highest BCUT2D eigenvalue weighted by Crippen LogP contribution is 2.15. The van der Waals surface area contributed by atoms with E-state index in [1.54, 1.807) is 7.05 Å². The quantitative estimate of drug-likeness (QED) is 0.518. The maximum atomic E-state index is 12.3. The predicted octanol–water partition coefficient (Wildman–Crippen LogP) is 1.29. The fourth-order valence-electron chi connectivity index (χ4n) is 2.32. The summed E-state index contributed by atoms with van der Waals surface area (Å²) in [7, 11) is -2.50. The SMILES string of the molecule is CN(Cc1ccccc1)C(=O)COC(=O)C(CO)NS(=O)(=O)c1ccc(Br)cc1. The van der Waals surface area contributed by atoms with Gasteiger partial charge in [-0.15, -0.1) is 0 Å². The lowest BCUT2D eigenvalue weighted by Gasteiger charge is -2.19. The number of halogens is 1. The Morgan fingerprint density at radius 1 is 1.14 bits per heavy atom. The number of amides is 1. The van der Waals surface area contributed by atoms with Gasteiger partial charge in [-0.2, -0.15) is 4.72 Å². The van der Waals surface area contributed by atoms with E-state index in [1.807, 2.05) is 30.3 Å². The predicted molar refractivity (Wildman–Crippen MR) is 109 cm³/mol. The number of carbonyl (C=O) groups is 2. The Balaban J connectivity index is 1.92. The van der Waals surface area contributed by atoms with E-state index in [0.717, 1.165) is 5.56 Å². The number of rotatable bonds is 9. The van der Waals surface area contributed by atoms with Crippen molar-refractivity contribution in [3.8, 4) is 0 Å². The summed E-state index contributed by atoms with van der Waals surface area (Å²) < 4.78 is 32.4. The molecule has 0 aromatic heterocycles. The summed E-state index contributed by atoms with van der Waals surface area (Å²) >= 11 is 3.20. The first-order valence-corrected chi connectivity index (χ1v) is 10.8. The summed E-state index contributed by atoms with van der Waals surface area (Å²) in [6, 6.07) is 13.5. The summed E-state index contributed by atoms with van der Waals surface area (Å²) in [4.78, 5) is 25.6. The number of sulfonamides is 1. The molecule has 0 saturated heterocycles. The number of ether oxygens (including phenoxy) is 1. The highest BCUT2D eigenvalue weighted by molar-refractivity contribution is 9.10. The molecule has 1 amide bonds. The number of likely N-dealkylation sites (N-methyl/N-ethyl adjacent to an activating group) is 1. The van der Waals surface area contributed by atoms with Gasteiger partial charge in [-0.25, -0.2) is 8.42 Å². The van der Waals surface area contributed by atoms with Crippen molar-refractivity contribution in [1.82, 2.24) is 9.62 Å². The van der Waals surface area contributed by atoms with Gasteiger partial charge >= 0.3 is 5.97 Å². The van der Waals surface area contributed by atoms with Crippen LogP contribution in [0.2, 0.25) is 0 Å². The number of nitrogens with one attached hydrogen (secondary N) is 1. The minimum absolute atomic E-state index is 0.0781. The molecule has 0 fully saturated rings. The van der Waals surface area contributed by atoms with E-state index in [-0.39, 0.29) is 4.90 Å². The number of esters is 1. The van der Waals surface area contributed by atoms with Crippen LogP contribution in [0.15, 0.2) is 64.0 Å². The van der Waals surface area contributed by atoms with Gasteiger partial charge in [0, 0.05) is 18.1 Å². The molecule has 0 spiro atoms. The van der Waals surface area contributed by atoms with Gasteiger partial charge in [0.2, 0.25) is 10.0 Å². The van der Waals surface area contributed by atoms with Crippen LogP contribution in [0.1, 0.15) is 5.56 Å². The zero-order valence-corrected chi connectivity index (χ0v) is 18.0. The molecule has 8 nitrogen and oxygen atoms in total. The van der Waals surface area contributed by atoms with Crippen molar-refractivity contribution in [2.24, 2.45) is 0 Å². The van der Waals surface area contributed by atoms with E-state index in [1.165, 1.54) is 29.2 Å². The maximum Gasteiger partial charge on any atom is 0.327 e. The molecule has 10 heteroatoms. The Kier molecular flexibility index (Phi) is 8.32. The Morgan fingerprint density at radius 3 is 2.34 bits per heavy atom. The fraction of sp³-hybridized carbons (Fsp3) is 0.263. The number of hydrogen-bond donors (Lipinski definition) is 2. The first kappa shape index (κ1) is 23.0. The van der Waals surface area contributed by atoms with Gasteiger partial charge in [0.15, 0.2) is 6.61 Å². The molecule has 2 aromatic carbocycles. The highest BCUT2D eigenvalue weighted by Gasteiger charge is 2.27. The molecule has 156 valence electrons. The standard InChI is InChI=1S/C19H21BrN2O6S/c1-22(11-14-5-3-2-4-6-14)18(24)13-28-19(25)17(12-23)21-29(26,27)16-9-7-15(20)8-10-16/h2-10,17,21,23H,11-13H2,1H3. The molecule has 0 aliphatic carbocycles. The largest absolute Gasteiger partial charge is 0.454 e. The molecule has 2 aromatic rings. The van der Waals surface area contributed by atoms with Crippen molar-refractivity contribution in [2.45, 2.75) is 17.5 Å². The van der Waals surface area contributed by atoms with Crippen molar-refractivity contribution in [3.63, 3.8) is 0 Å². The zero-order chi connectivity index (χ0) is 21.4. The average Bonchev–Trinajstić information content (AvgIpc) is 2.71. The summed E-state index contributed by atoms with van der Waals surface area (Å²) in [5.74, 6) is -1.51. The van der Waals surface area contributed by atoms with Crippen molar-refractivity contribution in [1.29, 1.82) is 0 Å². The van der Waals surface area contributed by atoms with Gasteiger partial charge in [-0.1, -0.05) is 46.3 Å². The molecule has 2 N–H and O–H groups in total. The third-order valence-corrected chi connectivity index (χ3v) is 5.93. The van der Waals surface area contributed by atoms with Crippen molar-refractivity contribution >= 4 is 37.8 Å². The number of nitrogens with zero attached hydrogens (tertiary/aromatic N) is 1. The van der Waals surface area contributed by atoms with E-state index < -0.39 is 41.2 Å². The van der Waals surface area contributed by atoms with Gasteiger partial charge < -0.3 is 14.7 Å². The molecule has 0 aliphatic rings. The van der Waals surface area contributed by atoms with E-state index in [2.05, 4.69) is 20.7 Å². The number of aliphatic hydroxyl groups excluding tert-OH is 1. The third-order valence-electron chi connectivity index (χ3n) is 3.91. The smallest absolute Gasteiger partial charge is 0.327 e. The monoisotopic (exact) mass is 484 g/mol. The lowest BCUT2D eigenvalue weighted by molar-refractivity contribution is -0.153. The Morgan fingerprint density at radius 2 is 1.76 bits per heavy atom. The minimum Gasteiger partial charge on any atom is -0.454 e. The van der Waals surface area contributed by atoms with Crippen LogP contribution in [0.5, 0.6) is 0 Å². The molecule has 1 unspecified atom stereocenters. The van der Waals surface area contributed by atoms with Crippen molar-refractivity contribution in [3.05, 3.63) is 64.6 Å². The molecule has 0 heterocycles. The second-order valence-electron chi connectivity index (χ2n) is 6.15. The van der Waals surface area contributed by atoms with Crippen LogP contribution in [-0.4, -0.2) is 56.6 Å². The average molecular weight is 485 g/mol. The summed E-state index contributed by atoms with van der Waals surface area (Å²) in [6.07, 6.45) is 0. The molecular formula is C19H21BrN2O6S. The normalized spacial score (nSPS) is 12.2. The second kappa shape index (κ2) is 10.5. The van der Waals surface area contributed by atoms with E-state index in [0.29, 0.717) is 11.0 Å². The summed E-state index contributed by atoms with van der Waals surface area (Å²) in [6.45, 7) is -1.06. The Bertz CT molecular complexity index is 935. The van der Waals surface area contributed by atoms with Gasteiger partial charge in [-0.3, -0.25) is 9.59 Å². The van der Waals surface area contributed by atoms with Crippen LogP contribution >= 0.6 is 15.9 Å². The number of carbonyl (C=O) groups excluding carboxylic acids is 2.